The van der Waals surface area contributed by atoms with Gasteiger partial charge in [0.2, 0.25) is 5.91 Å². The van der Waals surface area contributed by atoms with E-state index in [-0.39, 0.29) is 11.8 Å². The Bertz CT molecular complexity index is 624. The van der Waals surface area contributed by atoms with Crippen LogP contribution in [0.15, 0.2) is 30.3 Å². The number of amides is 1. The summed E-state index contributed by atoms with van der Waals surface area (Å²) in [6.45, 7) is 2.29. The number of hydrogen-bond donors (Lipinski definition) is 2. The van der Waals surface area contributed by atoms with E-state index in [9.17, 15) is 4.79 Å². The second kappa shape index (κ2) is 6.70. The van der Waals surface area contributed by atoms with Gasteiger partial charge < -0.3 is 10.2 Å². The number of aromatic nitrogens is 3. The van der Waals surface area contributed by atoms with Crippen LogP contribution in [-0.2, 0) is 11.3 Å². The first-order valence-electron chi connectivity index (χ1n) is 7.65. The molecule has 22 heavy (non-hydrogen) atoms. The highest BCUT2D eigenvalue weighted by Gasteiger charge is 2.23. The van der Waals surface area contributed by atoms with E-state index in [1.165, 1.54) is 0 Å². The maximum atomic E-state index is 12.2. The molecule has 0 aliphatic carbocycles. The number of carbonyl (C=O) groups is 1. The highest BCUT2D eigenvalue weighted by atomic mass is 16.1. The van der Waals surface area contributed by atoms with E-state index in [4.69, 9.17) is 0 Å². The van der Waals surface area contributed by atoms with Crippen LogP contribution >= 0.6 is 0 Å². The maximum absolute atomic E-state index is 12.2. The minimum atomic E-state index is 0.0789. The molecular weight excluding hydrogens is 278 g/mol. The number of H-pyrrole nitrogens is 1. The minimum Gasteiger partial charge on any atom is -0.349 e. The summed E-state index contributed by atoms with van der Waals surface area (Å²) in [6.07, 6.45) is 2.04. The first-order chi connectivity index (χ1) is 10.7. The number of hydrogen-bond acceptors (Lipinski definition) is 4. The molecule has 1 amide bonds. The fourth-order valence-corrected chi connectivity index (χ4v) is 2.79. The van der Waals surface area contributed by atoms with Crippen LogP contribution in [0.4, 0.5) is 0 Å². The molecule has 1 aliphatic heterocycles. The summed E-state index contributed by atoms with van der Waals surface area (Å²) < 4.78 is 0. The molecule has 116 valence electrons. The van der Waals surface area contributed by atoms with E-state index in [0.717, 1.165) is 31.5 Å². The van der Waals surface area contributed by atoms with E-state index in [1.807, 2.05) is 30.3 Å². The monoisotopic (exact) mass is 299 g/mol. The number of nitrogens with zero attached hydrogens (tertiary/aromatic N) is 3. The summed E-state index contributed by atoms with van der Waals surface area (Å²) >= 11 is 0. The average Bonchev–Trinajstić information content (AvgIpc) is 3.02. The van der Waals surface area contributed by atoms with E-state index >= 15 is 0 Å². The van der Waals surface area contributed by atoms with Crippen LogP contribution in [0.3, 0.4) is 0 Å². The fourth-order valence-electron chi connectivity index (χ4n) is 2.79. The van der Waals surface area contributed by atoms with E-state index in [1.54, 1.807) is 0 Å². The van der Waals surface area contributed by atoms with Crippen molar-refractivity contribution in [2.24, 2.45) is 5.92 Å². The van der Waals surface area contributed by atoms with E-state index in [2.05, 4.69) is 32.4 Å². The predicted octanol–water partition coefficient (Wildman–Crippen LogP) is 1.43. The van der Waals surface area contributed by atoms with E-state index < -0.39 is 0 Å². The zero-order chi connectivity index (χ0) is 15.4. The van der Waals surface area contributed by atoms with Crippen molar-refractivity contribution in [3.63, 3.8) is 0 Å². The Morgan fingerprint density at radius 3 is 3.00 bits per heavy atom. The SMILES string of the molecule is CN1CCCC(C(=O)NCc2nc(-c3ccccc3)n[nH]2)C1. The van der Waals surface area contributed by atoms with Gasteiger partial charge in [0.15, 0.2) is 5.82 Å². The third-order valence-corrected chi connectivity index (χ3v) is 3.99. The Kier molecular flexibility index (Phi) is 4.48. The van der Waals surface area contributed by atoms with Crippen LogP contribution in [0.25, 0.3) is 11.4 Å². The van der Waals surface area contributed by atoms with Gasteiger partial charge in [0.1, 0.15) is 5.82 Å². The summed E-state index contributed by atoms with van der Waals surface area (Å²) in [7, 11) is 2.06. The molecule has 1 atom stereocenters. The fraction of sp³-hybridized carbons (Fsp3) is 0.438. The Balaban J connectivity index is 1.56. The molecule has 0 radical (unpaired) electrons. The summed E-state index contributed by atoms with van der Waals surface area (Å²) in [5.41, 5.74) is 0.963. The Morgan fingerprint density at radius 2 is 2.23 bits per heavy atom. The Morgan fingerprint density at radius 1 is 1.41 bits per heavy atom. The Labute approximate surface area is 129 Å². The van der Waals surface area contributed by atoms with Crippen molar-refractivity contribution in [1.29, 1.82) is 0 Å². The van der Waals surface area contributed by atoms with Crippen molar-refractivity contribution in [2.75, 3.05) is 20.1 Å². The molecule has 1 saturated heterocycles. The second-order valence-corrected chi connectivity index (χ2v) is 5.79. The predicted molar refractivity (Wildman–Crippen MR) is 83.9 cm³/mol. The number of rotatable bonds is 4. The van der Waals surface area contributed by atoms with Crippen molar-refractivity contribution < 1.29 is 4.79 Å². The van der Waals surface area contributed by atoms with Gasteiger partial charge in [-0.2, -0.15) is 5.10 Å². The number of benzene rings is 1. The van der Waals surface area contributed by atoms with Gasteiger partial charge in [-0.1, -0.05) is 30.3 Å². The highest BCUT2D eigenvalue weighted by Crippen LogP contribution is 2.16. The van der Waals surface area contributed by atoms with Crippen LogP contribution in [0.1, 0.15) is 18.7 Å². The molecule has 1 unspecified atom stereocenters. The molecule has 2 aromatic rings. The molecular formula is C16H21N5O. The lowest BCUT2D eigenvalue weighted by Crippen LogP contribution is -2.41. The third-order valence-electron chi connectivity index (χ3n) is 3.99. The lowest BCUT2D eigenvalue weighted by Gasteiger charge is -2.28. The van der Waals surface area contributed by atoms with Gasteiger partial charge in [-0.15, -0.1) is 0 Å². The molecule has 6 heteroatoms. The van der Waals surface area contributed by atoms with Gasteiger partial charge in [0, 0.05) is 12.1 Å². The molecule has 0 bridgehead atoms. The maximum Gasteiger partial charge on any atom is 0.224 e. The lowest BCUT2D eigenvalue weighted by atomic mass is 9.98. The molecule has 2 N–H and O–H groups in total. The van der Waals surface area contributed by atoms with Gasteiger partial charge in [-0.05, 0) is 26.4 Å². The smallest absolute Gasteiger partial charge is 0.224 e. The van der Waals surface area contributed by atoms with E-state index in [0.29, 0.717) is 18.2 Å². The van der Waals surface area contributed by atoms with Crippen LogP contribution in [0.2, 0.25) is 0 Å². The number of likely N-dealkylation sites (tertiary alicyclic amines) is 1. The second-order valence-electron chi connectivity index (χ2n) is 5.79. The molecule has 1 aromatic carbocycles. The zero-order valence-corrected chi connectivity index (χ0v) is 12.7. The number of carbonyl (C=O) groups excluding carboxylic acids is 1. The summed E-state index contributed by atoms with van der Waals surface area (Å²) in [6, 6.07) is 9.78. The van der Waals surface area contributed by atoms with Crippen molar-refractivity contribution in [3.8, 4) is 11.4 Å². The number of piperidine rings is 1. The molecule has 1 aliphatic rings. The number of aromatic amines is 1. The molecule has 3 rings (SSSR count). The summed E-state index contributed by atoms with van der Waals surface area (Å²) in [5.74, 6) is 1.51. The largest absolute Gasteiger partial charge is 0.349 e. The van der Waals surface area contributed by atoms with Crippen LogP contribution in [-0.4, -0.2) is 46.1 Å². The van der Waals surface area contributed by atoms with Gasteiger partial charge in [0.05, 0.1) is 12.5 Å². The van der Waals surface area contributed by atoms with Crippen molar-refractivity contribution >= 4 is 5.91 Å². The van der Waals surface area contributed by atoms with Crippen molar-refractivity contribution in [2.45, 2.75) is 19.4 Å². The zero-order valence-electron chi connectivity index (χ0n) is 12.7. The van der Waals surface area contributed by atoms with Crippen molar-refractivity contribution in [1.82, 2.24) is 25.4 Å². The van der Waals surface area contributed by atoms with Crippen LogP contribution in [0, 0.1) is 5.92 Å². The van der Waals surface area contributed by atoms with Gasteiger partial charge in [-0.3, -0.25) is 9.89 Å². The van der Waals surface area contributed by atoms with Gasteiger partial charge >= 0.3 is 0 Å². The van der Waals surface area contributed by atoms with Crippen LogP contribution < -0.4 is 5.32 Å². The first-order valence-corrected chi connectivity index (χ1v) is 7.65. The normalized spacial score (nSPS) is 19.0. The molecule has 1 aromatic heterocycles. The molecule has 0 saturated carbocycles. The average molecular weight is 299 g/mol. The highest BCUT2D eigenvalue weighted by molar-refractivity contribution is 5.78. The van der Waals surface area contributed by atoms with Crippen LogP contribution in [0.5, 0.6) is 0 Å². The molecule has 6 nitrogen and oxygen atoms in total. The van der Waals surface area contributed by atoms with Crippen molar-refractivity contribution in [3.05, 3.63) is 36.2 Å². The van der Waals surface area contributed by atoms with Gasteiger partial charge in [-0.25, -0.2) is 4.98 Å². The topological polar surface area (TPSA) is 73.9 Å². The number of nitrogens with one attached hydrogen (secondary N) is 2. The molecule has 0 spiro atoms. The Hall–Kier alpha value is -2.21. The quantitative estimate of drug-likeness (QED) is 0.895. The summed E-state index contributed by atoms with van der Waals surface area (Å²) in [5, 5.41) is 10.0. The molecule has 1 fully saturated rings. The minimum absolute atomic E-state index is 0.0789. The standard InChI is InChI=1S/C16H21N5O/c1-21-9-5-8-13(11-21)16(22)17-10-14-18-15(20-19-14)12-6-3-2-4-7-12/h2-4,6-7,13H,5,8-11H2,1H3,(H,17,22)(H,18,19,20). The van der Waals surface area contributed by atoms with Gasteiger partial charge in [0.25, 0.3) is 0 Å². The summed E-state index contributed by atoms with van der Waals surface area (Å²) in [4.78, 5) is 18.8. The third kappa shape index (κ3) is 3.51. The molecule has 2 heterocycles. The first kappa shape index (κ1) is 14.7. The lowest BCUT2D eigenvalue weighted by molar-refractivity contribution is -0.126.